The van der Waals surface area contributed by atoms with Gasteiger partial charge in [0, 0.05) is 11.9 Å². The van der Waals surface area contributed by atoms with E-state index in [0.29, 0.717) is 6.61 Å². The number of nitrogens with zero attached hydrogens (tertiary/aromatic N) is 3. The molecule has 0 aliphatic heterocycles. The molecular weight excluding hydrogens is 294 g/mol. The molecule has 0 N–H and O–H groups in total. The van der Waals surface area contributed by atoms with Crippen molar-refractivity contribution in [2.75, 3.05) is 0 Å². The Morgan fingerprint density at radius 3 is 2.72 bits per heavy atom. The summed E-state index contributed by atoms with van der Waals surface area (Å²) < 4.78 is 7.58. The summed E-state index contributed by atoms with van der Waals surface area (Å²) in [6, 6.07) is 8.02. The molecular formula is C13H16BrN3O. The van der Waals surface area contributed by atoms with Crippen LogP contribution in [0.25, 0.3) is 0 Å². The number of aromatic nitrogens is 3. The topological polar surface area (TPSA) is 39.9 Å². The molecule has 1 aromatic carbocycles. The van der Waals surface area contributed by atoms with Crippen LogP contribution in [-0.2, 0) is 18.5 Å². The van der Waals surface area contributed by atoms with Crippen molar-refractivity contribution in [3.8, 4) is 5.75 Å². The average Bonchev–Trinajstić information content (AvgIpc) is 2.85. The first-order chi connectivity index (χ1) is 8.83. The largest absolute Gasteiger partial charge is 0.486 e. The smallest absolute Gasteiger partial charge is 0.164 e. The van der Waals surface area contributed by atoms with Crippen LogP contribution >= 0.6 is 15.9 Å². The van der Waals surface area contributed by atoms with Gasteiger partial charge in [-0.3, -0.25) is 0 Å². The van der Waals surface area contributed by atoms with Gasteiger partial charge in [-0.25, -0.2) is 9.67 Å². The lowest BCUT2D eigenvalue weighted by Gasteiger charge is -2.07. The Balaban J connectivity index is 1.95. The van der Waals surface area contributed by atoms with Crippen LogP contribution in [0, 0.1) is 0 Å². The highest BCUT2D eigenvalue weighted by Crippen LogP contribution is 2.15. The Bertz CT molecular complexity index is 481. The minimum atomic E-state index is 0.452. The lowest BCUT2D eigenvalue weighted by atomic mass is 10.2. The van der Waals surface area contributed by atoms with Gasteiger partial charge in [0.15, 0.2) is 5.82 Å². The van der Waals surface area contributed by atoms with E-state index >= 15 is 0 Å². The zero-order valence-electron chi connectivity index (χ0n) is 10.3. The van der Waals surface area contributed by atoms with Gasteiger partial charge in [-0.2, -0.15) is 5.10 Å². The molecule has 1 aromatic heterocycles. The molecule has 0 aliphatic rings. The molecule has 0 saturated carbocycles. The molecule has 2 rings (SSSR count). The van der Waals surface area contributed by atoms with E-state index < -0.39 is 0 Å². The molecule has 18 heavy (non-hydrogen) atoms. The van der Waals surface area contributed by atoms with Crippen LogP contribution in [0.4, 0.5) is 0 Å². The molecule has 4 nitrogen and oxygen atoms in total. The van der Waals surface area contributed by atoms with E-state index in [4.69, 9.17) is 4.74 Å². The van der Waals surface area contributed by atoms with Crippen molar-refractivity contribution >= 4 is 15.9 Å². The van der Waals surface area contributed by atoms with Crippen LogP contribution in [0.2, 0.25) is 0 Å². The Morgan fingerprint density at radius 2 is 2.06 bits per heavy atom. The zero-order chi connectivity index (χ0) is 12.8. The summed E-state index contributed by atoms with van der Waals surface area (Å²) in [6.45, 7) is 3.44. The van der Waals surface area contributed by atoms with Crippen LogP contribution in [0.1, 0.15) is 24.7 Å². The van der Waals surface area contributed by atoms with Crippen molar-refractivity contribution in [1.82, 2.24) is 14.8 Å². The number of benzene rings is 1. The summed E-state index contributed by atoms with van der Waals surface area (Å²) in [6.07, 6.45) is 2.61. The minimum absolute atomic E-state index is 0.452. The second-order valence-corrected chi connectivity index (χ2v) is 4.53. The second kappa shape index (κ2) is 6.54. The molecule has 0 atom stereocenters. The van der Waals surface area contributed by atoms with E-state index in [1.165, 1.54) is 5.56 Å². The van der Waals surface area contributed by atoms with Crippen LogP contribution in [0.15, 0.2) is 30.6 Å². The standard InChI is InChI=1S/C13H16BrN3O/c1-2-7-17-13(15-10-16-17)9-18-12-5-3-11(8-14)4-6-12/h3-6,10H,2,7-9H2,1H3. The van der Waals surface area contributed by atoms with Crippen LogP contribution < -0.4 is 4.74 Å². The van der Waals surface area contributed by atoms with E-state index in [1.54, 1.807) is 6.33 Å². The van der Waals surface area contributed by atoms with Crippen LogP contribution in [0.5, 0.6) is 5.75 Å². The fourth-order valence-electron chi connectivity index (χ4n) is 1.62. The first kappa shape index (κ1) is 13.1. The van der Waals surface area contributed by atoms with E-state index in [2.05, 4.69) is 32.9 Å². The van der Waals surface area contributed by atoms with Gasteiger partial charge in [0.25, 0.3) is 0 Å². The van der Waals surface area contributed by atoms with Crippen molar-refractivity contribution < 1.29 is 4.74 Å². The summed E-state index contributed by atoms with van der Waals surface area (Å²) in [5.41, 5.74) is 1.23. The summed E-state index contributed by atoms with van der Waals surface area (Å²) >= 11 is 3.42. The second-order valence-electron chi connectivity index (χ2n) is 3.97. The molecule has 0 radical (unpaired) electrons. The first-order valence-electron chi connectivity index (χ1n) is 5.98. The van der Waals surface area contributed by atoms with E-state index in [9.17, 15) is 0 Å². The van der Waals surface area contributed by atoms with E-state index in [-0.39, 0.29) is 0 Å². The van der Waals surface area contributed by atoms with Crippen molar-refractivity contribution in [2.24, 2.45) is 0 Å². The zero-order valence-corrected chi connectivity index (χ0v) is 11.9. The highest BCUT2D eigenvalue weighted by molar-refractivity contribution is 9.08. The van der Waals surface area contributed by atoms with Crippen LogP contribution in [-0.4, -0.2) is 14.8 Å². The molecule has 0 bridgehead atoms. The van der Waals surface area contributed by atoms with Gasteiger partial charge in [0.1, 0.15) is 18.7 Å². The number of hydrogen-bond acceptors (Lipinski definition) is 3. The summed E-state index contributed by atoms with van der Waals surface area (Å²) in [5.74, 6) is 1.71. The SMILES string of the molecule is CCCn1ncnc1COc1ccc(CBr)cc1. The number of alkyl halides is 1. The molecule has 0 spiro atoms. The number of ether oxygens (including phenoxy) is 1. The quantitative estimate of drug-likeness (QED) is 0.770. The number of halogens is 1. The third kappa shape index (κ3) is 3.32. The van der Waals surface area contributed by atoms with Gasteiger partial charge < -0.3 is 4.74 Å². The van der Waals surface area contributed by atoms with Gasteiger partial charge in [-0.05, 0) is 24.1 Å². The lowest BCUT2D eigenvalue weighted by molar-refractivity contribution is 0.286. The molecule has 96 valence electrons. The number of rotatable bonds is 6. The third-order valence-corrected chi connectivity index (χ3v) is 3.22. The van der Waals surface area contributed by atoms with Crippen LogP contribution in [0.3, 0.4) is 0 Å². The Labute approximate surface area is 115 Å². The maximum Gasteiger partial charge on any atom is 0.164 e. The summed E-state index contributed by atoms with van der Waals surface area (Å²) in [4.78, 5) is 4.20. The maximum absolute atomic E-state index is 5.70. The van der Waals surface area contributed by atoms with Crippen molar-refractivity contribution in [1.29, 1.82) is 0 Å². The fourth-order valence-corrected chi connectivity index (χ4v) is 1.99. The molecule has 0 amide bonds. The average molecular weight is 310 g/mol. The predicted molar refractivity (Wildman–Crippen MR) is 73.7 cm³/mol. The molecule has 2 aromatic rings. The van der Waals surface area contributed by atoms with Crippen molar-refractivity contribution in [3.05, 3.63) is 42.0 Å². The number of aryl methyl sites for hydroxylation is 1. The molecule has 0 aliphatic carbocycles. The van der Waals surface area contributed by atoms with E-state index in [1.807, 2.05) is 28.9 Å². The molecule has 0 saturated heterocycles. The highest BCUT2D eigenvalue weighted by atomic mass is 79.9. The summed E-state index contributed by atoms with van der Waals surface area (Å²) in [7, 11) is 0. The summed E-state index contributed by atoms with van der Waals surface area (Å²) in [5, 5.41) is 5.02. The first-order valence-corrected chi connectivity index (χ1v) is 7.10. The molecule has 1 heterocycles. The van der Waals surface area contributed by atoms with Gasteiger partial charge in [0.05, 0.1) is 0 Å². The van der Waals surface area contributed by atoms with Gasteiger partial charge in [-0.15, -0.1) is 0 Å². The minimum Gasteiger partial charge on any atom is -0.486 e. The lowest BCUT2D eigenvalue weighted by Crippen LogP contribution is -2.08. The van der Waals surface area contributed by atoms with Gasteiger partial charge in [0.2, 0.25) is 0 Å². The molecule has 0 unspecified atom stereocenters. The Kier molecular flexibility index (Phi) is 4.75. The maximum atomic E-state index is 5.70. The molecule has 0 fully saturated rings. The van der Waals surface area contributed by atoms with Crippen molar-refractivity contribution in [2.45, 2.75) is 31.8 Å². The van der Waals surface area contributed by atoms with Gasteiger partial charge >= 0.3 is 0 Å². The molecule has 5 heteroatoms. The highest BCUT2D eigenvalue weighted by Gasteiger charge is 2.04. The monoisotopic (exact) mass is 309 g/mol. The normalized spacial score (nSPS) is 10.6. The van der Waals surface area contributed by atoms with E-state index in [0.717, 1.165) is 29.9 Å². The fraction of sp³-hybridized carbons (Fsp3) is 0.385. The Morgan fingerprint density at radius 1 is 1.28 bits per heavy atom. The number of hydrogen-bond donors (Lipinski definition) is 0. The van der Waals surface area contributed by atoms with Crippen molar-refractivity contribution in [3.63, 3.8) is 0 Å². The van der Waals surface area contributed by atoms with Gasteiger partial charge in [-0.1, -0.05) is 35.0 Å². The third-order valence-electron chi connectivity index (χ3n) is 2.58. The predicted octanol–water partition coefficient (Wildman–Crippen LogP) is 3.16. The Hall–Kier alpha value is -1.36.